The second kappa shape index (κ2) is 3.73. The van der Waals surface area contributed by atoms with Gasteiger partial charge in [0.2, 0.25) is 11.1 Å². The SMILES string of the molecule is Cc1ccc2oc3c(cc4cccc(C)n43)c(=O)c2c1. The first-order valence-corrected chi connectivity index (χ1v) is 6.59. The molecule has 0 saturated heterocycles. The number of nitrogens with zero attached hydrogens (tertiary/aromatic N) is 1. The summed E-state index contributed by atoms with van der Waals surface area (Å²) in [6.07, 6.45) is 0. The third-order valence-corrected chi connectivity index (χ3v) is 3.77. The van der Waals surface area contributed by atoms with Gasteiger partial charge in [0, 0.05) is 11.2 Å². The molecular formula is C17H13NO2. The van der Waals surface area contributed by atoms with E-state index in [1.807, 2.05) is 60.7 Å². The van der Waals surface area contributed by atoms with Crippen molar-refractivity contribution >= 4 is 27.6 Å². The number of hydrogen-bond donors (Lipinski definition) is 0. The Labute approximate surface area is 115 Å². The zero-order valence-corrected chi connectivity index (χ0v) is 11.3. The molecule has 0 aliphatic heterocycles. The highest BCUT2D eigenvalue weighted by atomic mass is 16.3. The Kier molecular flexibility index (Phi) is 2.11. The van der Waals surface area contributed by atoms with E-state index in [0.717, 1.165) is 16.8 Å². The maximum atomic E-state index is 12.6. The first-order chi connectivity index (χ1) is 9.65. The molecule has 4 rings (SSSR count). The average molecular weight is 263 g/mol. The minimum absolute atomic E-state index is 0.0352. The molecule has 0 spiro atoms. The molecule has 4 aromatic rings. The Balaban J connectivity index is 2.34. The number of benzene rings is 1. The van der Waals surface area contributed by atoms with Crippen molar-refractivity contribution in [1.29, 1.82) is 0 Å². The summed E-state index contributed by atoms with van der Waals surface area (Å²) in [4.78, 5) is 12.6. The summed E-state index contributed by atoms with van der Waals surface area (Å²) in [6.45, 7) is 3.98. The fourth-order valence-corrected chi connectivity index (χ4v) is 2.78. The van der Waals surface area contributed by atoms with E-state index >= 15 is 0 Å². The van der Waals surface area contributed by atoms with Crippen LogP contribution in [0.1, 0.15) is 11.3 Å². The Morgan fingerprint density at radius 2 is 1.85 bits per heavy atom. The molecule has 3 heterocycles. The van der Waals surface area contributed by atoms with Gasteiger partial charge in [-0.2, -0.15) is 0 Å². The Morgan fingerprint density at radius 1 is 1.00 bits per heavy atom. The van der Waals surface area contributed by atoms with E-state index in [0.29, 0.717) is 22.1 Å². The van der Waals surface area contributed by atoms with Crippen molar-refractivity contribution in [1.82, 2.24) is 4.40 Å². The number of aromatic nitrogens is 1. The lowest BCUT2D eigenvalue weighted by Gasteiger charge is -2.03. The average Bonchev–Trinajstić information content (AvgIpc) is 2.80. The molecule has 0 bridgehead atoms. The van der Waals surface area contributed by atoms with Crippen LogP contribution in [0.25, 0.3) is 27.6 Å². The van der Waals surface area contributed by atoms with E-state index in [2.05, 4.69) is 0 Å². The van der Waals surface area contributed by atoms with Crippen LogP contribution in [0, 0.1) is 13.8 Å². The molecule has 0 saturated carbocycles. The van der Waals surface area contributed by atoms with Gasteiger partial charge in [-0.05, 0) is 44.2 Å². The summed E-state index contributed by atoms with van der Waals surface area (Å²) >= 11 is 0. The van der Waals surface area contributed by atoms with Crippen molar-refractivity contribution < 1.29 is 4.42 Å². The first-order valence-electron chi connectivity index (χ1n) is 6.59. The van der Waals surface area contributed by atoms with Gasteiger partial charge in [0.05, 0.1) is 10.8 Å². The van der Waals surface area contributed by atoms with Crippen LogP contribution in [0.15, 0.2) is 51.7 Å². The molecule has 1 aromatic carbocycles. The van der Waals surface area contributed by atoms with Gasteiger partial charge in [0.25, 0.3) is 0 Å². The van der Waals surface area contributed by atoms with Crippen LogP contribution >= 0.6 is 0 Å². The minimum Gasteiger partial charge on any atom is -0.439 e. The molecule has 0 N–H and O–H groups in total. The fraction of sp³-hybridized carbons (Fsp3) is 0.118. The maximum absolute atomic E-state index is 12.6. The number of pyridine rings is 1. The zero-order valence-electron chi connectivity index (χ0n) is 11.3. The minimum atomic E-state index is 0.0352. The van der Waals surface area contributed by atoms with E-state index in [4.69, 9.17) is 4.42 Å². The van der Waals surface area contributed by atoms with Crippen LogP contribution in [-0.4, -0.2) is 4.40 Å². The van der Waals surface area contributed by atoms with Crippen LogP contribution in [0.4, 0.5) is 0 Å². The van der Waals surface area contributed by atoms with Crippen molar-refractivity contribution in [2.75, 3.05) is 0 Å². The first kappa shape index (κ1) is 11.3. The summed E-state index contributed by atoms with van der Waals surface area (Å²) in [6, 6.07) is 13.6. The zero-order chi connectivity index (χ0) is 13.9. The predicted molar refractivity (Wildman–Crippen MR) is 80.4 cm³/mol. The Bertz CT molecular complexity index is 1040. The topological polar surface area (TPSA) is 34.6 Å². The van der Waals surface area contributed by atoms with Crippen LogP contribution in [0.3, 0.4) is 0 Å². The van der Waals surface area contributed by atoms with E-state index in [9.17, 15) is 4.79 Å². The summed E-state index contributed by atoms with van der Waals surface area (Å²) in [7, 11) is 0. The molecule has 0 unspecified atom stereocenters. The monoisotopic (exact) mass is 263 g/mol. The fourth-order valence-electron chi connectivity index (χ4n) is 2.78. The number of rotatable bonds is 0. The number of hydrogen-bond acceptors (Lipinski definition) is 2. The van der Waals surface area contributed by atoms with Gasteiger partial charge in [-0.15, -0.1) is 0 Å². The maximum Gasteiger partial charge on any atom is 0.216 e. The van der Waals surface area contributed by atoms with Gasteiger partial charge in [-0.25, -0.2) is 0 Å². The molecule has 3 aromatic heterocycles. The molecule has 0 atom stereocenters. The van der Waals surface area contributed by atoms with Crippen molar-refractivity contribution in [2.45, 2.75) is 13.8 Å². The normalized spacial score (nSPS) is 11.7. The van der Waals surface area contributed by atoms with E-state index < -0.39 is 0 Å². The molecule has 0 aliphatic rings. The van der Waals surface area contributed by atoms with Gasteiger partial charge in [0.1, 0.15) is 5.58 Å². The molecular weight excluding hydrogens is 250 g/mol. The van der Waals surface area contributed by atoms with Gasteiger partial charge in [-0.3, -0.25) is 9.20 Å². The van der Waals surface area contributed by atoms with Crippen LogP contribution < -0.4 is 5.43 Å². The second-order valence-electron chi connectivity index (χ2n) is 5.22. The lowest BCUT2D eigenvalue weighted by molar-refractivity contribution is 0.638. The van der Waals surface area contributed by atoms with E-state index in [-0.39, 0.29) is 5.43 Å². The van der Waals surface area contributed by atoms with E-state index in [1.165, 1.54) is 0 Å². The molecule has 98 valence electrons. The quantitative estimate of drug-likeness (QED) is 0.483. The lowest BCUT2D eigenvalue weighted by Crippen LogP contribution is -2.01. The van der Waals surface area contributed by atoms with Crippen molar-refractivity contribution in [2.24, 2.45) is 0 Å². The predicted octanol–water partition coefficient (Wildman–Crippen LogP) is 3.82. The van der Waals surface area contributed by atoms with E-state index in [1.54, 1.807) is 0 Å². The van der Waals surface area contributed by atoms with Crippen molar-refractivity contribution in [3.8, 4) is 0 Å². The third-order valence-electron chi connectivity index (χ3n) is 3.77. The van der Waals surface area contributed by atoms with Gasteiger partial charge in [-0.1, -0.05) is 17.7 Å². The molecule has 20 heavy (non-hydrogen) atoms. The second-order valence-corrected chi connectivity index (χ2v) is 5.22. The molecule has 0 aliphatic carbocycles. The van der Waals surface area contributed by atoms with Crippen molar-refractivity contribution in [3.05, 3.63) is 63.9 Å². The molecule has 3 nitrogen and oxygen atoms in total. The Morgan fingerprint density at radius 3 is 2.70 bits per heavy atom. The summed E-state index contributed by atoms with van der Waals surface area (Å²) in [5.41, 5.74) is 4.38. The molecule has 0 radical (unpaired) electrons. The number of aryl methyl sites for hydroxylation is 2. The molecule has 3 heteroatoms. The van der Waals surface area contributed by atoms with Gasteiger partial charge in [0.15, 0.2) is 0 Å². The summed E-state index contributed by atoms with van der Waals surface area (Å²) < 4.78 is 7.96. The molecule has 0 amide bonds. The lowest BCUT2D eigenvalue weighted by atomic mass is 10.1. The van der Waals surface area contributed by atoms with Gasteiger partial charge >= 0.3 is 0 Å². The molecule has 0 fully saturated rings. The highest BCUT2D eigenvalue weighted by molar-refractivity contribution is 5.92. The Hall–Kier alpha value is -2.55. The summed E-state index contributed by atoms with van der Waals surface area (Å²) in [5, 5.41) is 1.28. The van der Waals surface area contributed by atoms with Crippen LogP contribution in [0.2, 0.25) is 0 Å². The van der Waals surface area contributed by atoms with Crippen molar-refractivity contribution in [3.63, 3.8) is 0 Å². The van der Waals surface area contributed by atoms with Crippen LogP contribution in [0.5, 0.6) is 0 Å². The largest absolute Gasteiger partial charge is 0.439 e. The number of fused-ring (bicyclic) bond motifs is 4. The standard InChI is InChI=1S/C17H13NO2/c1-10-6-7-15-13(8-10)16(19)14-9-12-5-3-4-11(2)18(12)17(14)20-15/h3-9H,1-2H3. The third kappa shape index (κ3) is 1.37. The van der Waals surface area contributed by atoms with Gasteiger partial charge < -0.3 is 4.42 Å². The highest BCUT2D eigenvalue weighted by Crippen LogP contribution is 2.24. The van der Waals surface area contributed by atoms with Crippen LogP contribution in [-0.2, 0) is 0 Å². The smallest absolute Gasteiger partial charge is 0.216 e. The summed E-state index contributed by atoms with van der Waals surface area (Å²) in [5.74, 6) is 0. The highest BCUT2D eigenvalue weighted by Gasteiger charge is 2.13.